The molecule has 0 saturated heterocycles. The fourth-order valence-electron chi connectivity index (χ4n) is 3.92. The van der Waals surface area contributed by atoms with Crippen LogP contribution in [0.3, 0.4) is 0 Å². The van der Waals surface area contributed by atoms with Gasteiger partial charge in [-0.3, -0.25) is 28.8 Å². The molecule has 51 heavy (non-hydrogen) atoms. The van der Waals surface area contributed by atoms with Crippen LogP contribution in [0.1, 0.15) is 0 Å². The molecule has 3 heterocycles. The summed E-state index contributed by atoms with van der Waals surface area (Å²) >= 11 is 13.0. The molecule has 2 N–H and O–H groups in total. The van der Waals surface area contributed by atoms with Crippen LogP contribution in [-0.2, 0) is 36.9 Å². The third kappa shape index (κ3) is 14.8. The number of rotatable bonds is 8. The number of H-pyrrole nitrogens is 1. The molecular weight excluding hydrogens is 920 g/mol. The largest absolute Gasteiger partial charge is 0.480 e. The van der Waals surface area contributed by atoms with Crippen LogP contribution in [0, 0.1) is 0 Å². The van der Waals surface area contributed by atoms with Crippen molar-refractivity contribution in [2.24, 2.45) is 0 Å². The topological polar surface area (TPSA) is 154 Å². The van der Waals surface area contributed by atoms with Gasteiger partial charge in [0.15, 0.2) is 0 Å². The summed E-state index contributed by atoms with van der Waals surface area (Å²) in [6.45, 7) is 0.0174. The highest BCUT2D eigenvalue weighted by Crippen LogP contribution is 2.22. The zero-order valence-corrected chi connectivity index (χ0v) is 33.6. The van der Waals surface area contributed by atoms with E-state index in [1.54, 1.807) is 23.3 Å². The van der Waals surface area contributed by atoms with Gasteiger partial charge in [-0.2, -0.15) is 15.3 Å². The van der Waals surface area contributed by atoms with E-state index in [-0.39, 0.29) is 30.4 Å². The summed E-state index contributed by atoms with van der Waals surface area (Å²) in [7, 11) is 2.71. The maximum Gasteiger partial charge on any atom is 0.327 e. The van der Waals surface area contributed by atoms with Gasteiger partial charge in [0.1, 0.15) is 18.4 Å². The standard InChI is InChI=1S/C12H11BrN2O2.C11H9BrN2O2.C9H7BrN2.C3H5BrO2/c1-17-12(16)8-15-7-10(6-14-15)9-2-4-11(13)5-3-9;12-10-3-1-8(2-4-10)9-5-13-14(6-9)7-11(15)16;10-9-3-1-7(2-4-9)8-5-11-12-6-8;1-6-3(5)2-4/h2-7H,8H2,1H3;1-6H,7H2,(H,15,16);1-6H,(H,11,12);2H2,1H3. The lowest BCUT2D eigenvalue weighted by atomic mass is 10.1. The molecule has 6 aromatic rings. The van der Waals surface area contributed by atoms with Crippen molar-refractivity contribution >= 4 is 81.6 Å². The second kappa shape index (κ2) is 21.8. The predicted molar refractivity (Wildman–Crippen MR) is 208 cm³/mol. The van der Waals surface area contributed by atoms with E-state index in [2.05, 4.69) is 106 Å². The number of aromatic nitrogens is 6. The second-order valence-electron chi connectivity index (χ2n) is 10.0. The summed E-state index contributed by atoms with van der Waals surface area (Å²) in [5, 5.41) is 23.6. The first kappa shape index (κ1) is 41.0. The van der Waals surface area contributed by atoms with E-state index in [0.29, 0.717) is 0 Å². The van der Waals surface area contributed by atoms with Crippen molar-refractivity contribution < 1.29 is 29.0 Å². The number of hydrogen-bond donors (Lipinski definition) is 2. The summed E-state index contributed by atoms with van der Waals surface area (Å²) in [5.74, 6) is -1.45. The van der Waals surface area contributed by atoms with Crippen LogP contribution < -0.4 is 0 Å². The van der Waals surface area contributed by atoms with Gasteiger partial charge in [0, 0.05) is 48.7 Å². The van der Waals surface area contributed by atoms with Crippen molar-refractivity contribution in [2.45, 2.75) is 13.1 Å². The molecule has 0 aliphatic heterocycles. The Morgan fingerprint density at radius 1 is 0.627 bits per heavy atom. The van der Waals surface area contributed by atoms with Gasteiger partial charge in [-0.05, 0) is 53.1 Å². The Bertz CT molecular complexity index is 1940. The third-order valence-electron chi connectivity index (χ3n) is 6.45. The number of hydrogen-bond acceptors (Lipinski definition) is 8. The van der Waals surface area contributed by atoms with Crippen LogP contribution in [0.2, 0.25) is 0 Å². The molecule has 3 aromatic carbocycles. The van der Waals surface area contributed by atoms with Crippen LogP contribution in [0.15, 0.2) is 123 Å². The molecule has 0 bridgehead atoms. The maximum atomic E-state index is 11.1. The Morgan fingerprint density at radius 2 is 1.04 bits per heavy atom. The fraction of sp³-hybridized carbons (Fsp3) is 0.143. The van der Waals surface area contributed by atoms with E-state index in [4.69, 9.17) is 5.11 Å². The number of esters is 2. The molecule has 16 heteroatoms. The second-order valence-corrected chi connectivity index (χ2v) is 13.3. The maximum absolute atomic E-state index is 11.1. The van der Waals surface area contributed by atoms with Crippen LogP contribution in [0.4, 0.5) is 0 Å². The number of halogens is 4. The monoisotopic (exact) mass is 948 g/mol. The van der Waals surface area contributed by atoms with Crippen molar-refractivity contribution in [2.75, 3.05) is 19.5 Å². The Labute approximate surface area is 327 Å². The van der Waals surface area contributed by atoms with Crippen LogP contribution in [0.5, 0.6) is 0 Å². The van der Waals surface area contributed by atoms with Gasteiger partial charge in [-0.25, -0.2) is 0 Å². The Balaban J connectivity index is 0.000000193. The van der Waals surface area contributed by atoms with Crippen LogP contribution >= 0.6 is 63.7 Å². The molecule has 0 radical (unpaired) electrons. The highest BCUT2D eigenvalue weighted by Gasteiger charge is 2.06. The minimum atomic E-state index is -0.898. The zero-order chi connectivity index (χ0) is 37.2. The lowest BCUT2D eigenvalue weighted by Crippen LogP contribution is -2.11. The quantitative estimate of drug-likeness (QED) is 0.113. The molecule has 6 rings (SSSR count). The molecule has 0 spiro atoms. The van der Waals surface area contributed by atoms with Crippen molar-refractivity contribution in [3.63, 3.8) is 0 Å². The number of carboxylic acid groups (broad SMARTS) is 1. The van der Waals surface area contributed by atoms with Gasteiger partial charge in [0.25, 0.3) is 0 Å². The number of alkyl halides is 1. The number of benzene rings is 3. The van der Waals surface area contributed by atoms with Crippen molar-refractivity contribution in [1.82, 2.24) is 29.8 Å². The first-order valence-electron chi connectivity index (χ1n) is 14.7. The minimum Gasteiger partial charge on any atom is -0.480 e. The Morgan fingerprint density at radius 3 is 1.37 bits per heavy atom. The van der Waals surface area contributed by atoms with E-state index in [0.717, 1.165) is 41.2 Å². The molecule has 0 fully saturated rings. The normalized spacial score (nSPS) is 9.92. The molecule has 266 valence electrons. The predicted octanol–water partition coefficient (Wildman–Crippen LogP) is 8.28. The number of ether oxygens (including phenoxy) is 2. The molecule has 0 unspecified atom stereocenters. The van der Waals surface area contributed by atoms with Crippen molar-refractivity contribution in [3.05, 3.63) is 123 Å². The van der Waals surface area contributed by atoms with Gasteiger partial charge in [-0.1, -0.05) is 100 Å². The van der Waals surface area contributed by atoms with E-state index in [1.165, 1.54) is 24.5 Å². The number of carbonyl (C=O) groups excluding carboxylic acids is 2. The van der Waals surface area contributed by atoms with E-state index >= 15 is 0 Å². The zero-order valence-electron chi connectivity index (χ0n) is 27.3. The molecule has 0 atom stereocenters. The minimum absolute atomic E-state index is 0.115. The highest BCUT2D eigenvalue weighted by molar-refractivity contribution is 9.11. The lowest BCUT2D eigenvalue weighted by molar-refractivity contribution is -0.141. The van der Waals surface area contributed by atoms with Crippen LogP contribution in [0.25, 0.3) is 33.4 Å². The van der Waals surface area contributed by atoms with Gasteiger partial charge in [-0.15, -0.1) is 0 Å². The highest BCUT2D eigenvalue weighted by atomic mass is 79.9. The molecule has 0 aliphatic carbocycles. The fourth-order valence-corrected chi connectivity index (χ4v) is 4.95. The van der Waals surface area contributed by atoms with Gasteiger partial charge >= 0.3 is 17.9 Å². The number of aliphatic carboxylic acids is 1. The number of methoxy groups -OCH3 is 2. The molecular formula is C35H32Br4N6O6. The number of nitrogens with zero attached hydrogens (tertiary/aromatic N) is 5. The van der Waals surface area contributed by atoms with Gasteiger partial charge in [0.2, 0.25) is 0 Å². The SMILES string of the molecule is Brc1ccc(-c2cn[nH]c2)cc1.COC(=O)CBr.COC(=O)Cn1cc(-c2ccc(Br)cc2)cn1.O=C(O)Cn1cc(-c2ccc(Br)cc2)cn1. The Hall–Kier alpha value is -4.38. The summed E-state index contributed by atoms with van der Waals surface area (Å²) in [6, 6.07) is 23.8. The number of aromatic amines is 1. The molecule has 0 saturated carbocycles. The van der Waals surface area contributed by atoms with Gasteiger partial charge in [0.05, 0.1) is 32.8 Å². The number of carbonyl (C=O) groups is 3. The summed E-state index contributed by atoms with van der Waals surface area (Å²) in [4.78, 5) is 31.5. The average molecular weight is 952 g/mol. The lowest BCUT2D eigenvalue weighted by Gasteiger charge is -1.99. The van der Waals surface area contributed by atoms with E-state index in [9.17, 15) is 14.4 Å². The molecule has 0 aliphatic rings. The first-order valence-corrected chi connectivity index (χ1v) is 18.2. The van der Waals surface area contributed by atoms with Crippen molar-refractivity contribution in [3.8, 4) is 33.4 Å². The third-order valence-corrected chi connectivity index (χ3v) is 8.49. The summed E-state index contributed by atoms with van der Waals surface area (Å²) < 4.78 is 14.9. The summed E-state index contributed by atoms with van der Waals surface area (Å²) in [6.07, 6.45) is 10.6. The van der Waals surface area contributed by atoms with Crippen LogP contribution in [-0.4, -0.2) is 72.3 Å². The average Bonchev–Trinajstić information content (AvgIpc) is 3.93. The van der Waals surface area contributed by atoms with Gasteiger partial charge < -0.3 is 14.6 Å². The molecule has 12 nitrogen and oxygen atoms in total. The molecule has 3 aromatic heterocycles. The van der Waals surface area contributed by atoms with Crippen molar-refractivity contribution in [1.29, 1.82) is 0 Å². The number of carboxylic acids is 1. The van der Waals surface area contributed by atoms with E-state index < -0.39 is 5.97 Å². The smallest absolute Gasteiger partial charge is 0.327 e. The number of nitrogens with one attached hydrogen (secondary N) is 1. The van der Waals surface area contributed by atoms with E-state index in [1.807, 2.05) is 79.3 Å². The summed E-state index contributed by atoms with van der Waals surface area (Å²) in [5.41, 5.74) is 6.24. The molecule has 0 amide bonds. The first-order chi connectivity index (χ1) is 24.5. The Kier molecular flexibility index (Phi) is 17.5.